The van der Waals surface area contributed by atoms with Gasteiger partial charge in [0.15, 0.2) is 0 Å². The molecule has 0 spiro atoms. The maximum atomic E-state index is 11.1. The van der Waals surface area contributed by atoms with E-state index in [1.54, 1.807) is 0 Å². The van der Waals surface area contributed by atoms with Crippen LogP contribution in [0.1, 0.15) is 13.8 Å². The van der Waals surface area contributed by atoms with Crippen LogP contribution < -0.4 is 0 Å². The van der Waals surface area contributed by atoms with Crippen molar-refractivity contribution in [1.29, 1.82) is 0 Å². The number of carbonyl (C=O) groups is 2. The highest BCUT2D eigenvalue weighted by Crippen LogP contribution is 2.09. The molecule has 0 saturated heterocycles. The van der Waals surface area contributed by atoms with Crippen molar-refractivity contribution in [3.63, 3.8) is 0 Å². The first kappa shape index (κ1) is 12.9. The second-order valence-electron chi connectivity index (χ2n) is 2.46. The molecule has 0 aromatic carbocycles. The van der Waals surface area contributed by atoms with E-state index in [-0.39, 0.29) is 13.2 Å². The molecular weight excluding hydrogens is 192 g/mol. The van der Waals surface area contributed by atoms with Gasteiger partial charge in [-0.15, -0.1) is 0 Å². The van der Waals surface area contributed by atoms with Crippen molar-refractivity contribution in [2.45, 2.75) is 19.4 Å². The molecule has 0 unspecified atom stereocenters. The SMILES string of the molecule is CCOC(=O)C(O)(CO)C(=O)OCC. The summed E-state index contributed by atoms with van der Waals surface area (Å²) in [5, 5.41) is 18.1. The van der Waals surface area contributed by atoms with Gasteiger partial charge in [0.2, 0.25) is 0 Å². The van der Waals surface area contributed by atoms with Gasteiger partial charge in [0.05, 0.1) is 19.8 Å². The van der Waals surface area contributed by atoms with Crippen LogP contribution in [0.2, 0.25) is 0 Å². The van der Waals surface area contributed by atoms with Crippen LogP contribution in [0, 0.1) is 0 Å². The number of rotatable bonds is 5. The normalized spacial score (nSPS) is 10.9. The average molecular weight is 206 g/mol. The Bertz CT molecular complexity index is 194. The van der Waals surface area contributed by atoms with Crippen molar-refractivity contribution in [1.82, 2.24) is 0 Å². The van der Waals surface area contributed by atoms with Crippen molar-refractivity contribution in [3.8, 4) is 0 Å². The fourth-order valence-electron chi connectivity index (χ4n) is 0.713. The van der Waals surface area contributed by atoms with E-state index < -0.39 is 24.1 Å². The van der Waals surface area contributed by atoms with Gasteiger partial charge in [-0.2, -0.15) is 0 Å². The summed E-state index contributed by atoms with van der Waals surface area (Å²) in [6.07, 6.45) is 0. The van der Waals surface area contributed by atoms with Gasteiger partial charge >= 0.3 is 11.9 Å². The average Bonchev–Trinajstić information content (AvgIpc) is 2.17. The maximum absolute atomic E-state index is 11.1. The summed E-state index contributed by atoms with van der Waals surface area (Å²) in [6, 6.07) is 0. The summed E-state index contributed by atoms with van der Waals surface area (Å²) in [7, 11) is 0. The Labute approximate surface area is 81.4 Å². The minimum Gasteiger partial charge on any atom is -0.463 e. The topological polar surface area (TPSA) is 93.1 Å². The predicted molar refractivity (Wildman–Crippen MR) is 45.3 cm³/mol. The molecule has 0 aromatic heterocycles. The van der Waals surface area contributed by atoms with E-state index in [9.17, 15) is 14.7 Å². The molecule has 0 bridgehead atoms. The van der Waals surface area contributed by atoms with Crippen LogP contribution in [-0.4, -0.2) is 47.6 Å². The molecule has 0 radical (unpaired) electrons. The second kappa shape index (κ2) is 5.56. The van der Waals surface area contributed by atoms with Gasteiger partial charge in [-0.1, -0.05) is 0 Å². The molecule has 0 fully saturated rings. The number of ether oxygens (including phenoxy) is 2. The summed E-state index contributed by atoms with van der Waals surface area (Å²) >= 11 is 0. The predicted octanol–water partition coefficient (Wildman–Crippen LogP) is -1.16. The Kier molecular flexibility index (Phi) is 5.11. The Hall–Kier alpha value is -1.14. The molecule has 0 amide bonds. The number of aliphatic hydroxyl groups is 2. The van der Waals surface area contributed by atoms with Gasteiger partial charge in [0, 0.05) is 0 Å². The lowest BCUT2D eigenvalue weighted by Crippen LogP contribution is -2.51. The highest BCUT2D eigenvalue weighted by molar-refractivity contribution is 6.03. The zero-order valence-corrected chi connectivity index (χ0v) is 8.15. The fourth-order valence-corrected chi connectivity index (χ4v) is 0.713. The lowest BCUT2D eigenvalue weighted by Gasteiger charge is -2.20. The molecule has 0 aliphatic rings. The molecule has 0 aromatic rings. The van der Waals surface area contributed by atoms with Crippen molar-refractivity contribution in [2.24, 2.45) is 0 Å². The second-order valence-corrected chi connectivity index (χ2v) is 2.46. The number of esters is 2. The molecule has 14 heavy (non-hydrogen) atoms. The van der Waals surface area contributed by atoms with Crippen molar-refractivity contribution in [2.75, 3.05) is 19.8 Å². The Balaban J connectivity index is 4.60. The van der Waals surface area contributed by atoms with E-state index in [2.05, 4.69) is 9.47 Å². The largest absolute Gasteiger partial charge is 0.463 e. The van der Waals surface area contributed by atoms with Gasteiger partial charge in [0.1, 0.15) is 0 Å². The van der Waals surface area contributed by atoms with E-state index in [1.807, 2.05) is 0 Å². The number of hydrogen-bond acceptors (Lipinski definition) is 6. The standard InChI is InChI=1S/C8H14O6/c1-3-13-6(10)8(12,5-9)7(11)14-4-2/h9,12H,3-5H2,1-2H3. The van der Waals surface area contributed by atoms with Crippen LogP contribution in [0.5, 0.6) is 0 Å². The van der Waals surface area contributed by atoms with E-state index in [1.165, 1.54) is 13.8 Å². The zero-order chi connectivity index (χ0) is 11.2. The third-order valence-corrected chi connectivity index (χ3v) is 1.46. The Morgan fingerprint density at radius 1 is 1.14 bits per heavy atom. The molecule has 82 valence electrons. The molecule has 6 nitrogen and oxygen atoms in total. The summed E-state index contributed by atoms with van der Waals surface area (Å²) in [6.45, 7) is 1.97. The van der Waals surface area contributed by atoms with Gasteiger partial charge in [-0.05, 0) is 13.8 Å². The smallest absolute Gasteiger partial charge is 0.352 e. The molecule has 6 heteroatoms. The minimum atomic E-state index is -2.61. The van der Waals surface area contributed by atoms with Crippen LogP contribution in [0.25, 0.3) is 0 Å². The Morgan fingerprint density at radius 2 is 1.50 bits per heavy atom. The van der Waals surface area contributed by atoms with Gasteiger partial charge in [0.25, 0.3) is 5.60 Å². The van der Waals surface area contributed by atoms with E-state index in [0.29, 0.717) is 0 Å². The summed E-state index contributed by atoms with van der Waals surface area (Å²) in [4.78, 5) is 22.2. The van der Waals surface area contributed by atoms with E-state index >= 15 is 0 Å². The highest BCUT2D eigenvalue weighted by atomic mass is 16.6. The van der Waals surface area contributed by atoms with E-state index in [4.69, 9.17) is 5.11 Å². The quantitative estimate of drug-likeness (QED) is 0.435. The maximum Gasteiger partial charge on any atom is 0.352 e. The molecule has 0 aliphatic carbocycles. The molecular formula is C8H14O6. The van der Waals surface area contributed by atoms with Crippen molar-refractivity contribution >= 4 is 11.9 Å². The summed E-state index contributed by atoms with van der Waals surface area (Å²) in [5.74, 6) is -2.41. The minimum absolute atomic E-state index is 0.000544. The first-order valence-electron chi connectivity index (χ1n) is 4.20. The van der Waals surface area contributed by atoms with E-state index in [0.717, 1.165) is 0 Å². The molecule has 0 atom stereocenters. The van der Waals surface area contributed by atoms with Crippen molar-refractivity contribution in [3.05, 3.63) is 0 Å². The first-order chi connectivity index (χ1) is 6.52. The van der Waals surface area contributed by atoms with Crippen LogP contribution in [0.15, 0.2) is 0 Å². The molecule has 2 N–H and O–H groups in total. The van der Waals surface area contributed by atoms with Crippen LogP contribution >= 0.6 is 0 Å². The third kappa shape index (κ3) is 2.68. The number of hydrogen-bond donors (Lipinski definition) is 2. The van der Waals surface area contributed by atoms with Gasteiger partial charge < -0.3 is 19.7 Å². The summed E-state index contributed by atoms with van der Waals surface area (Å²) in [5.41, 5.74) is -2.61. The lowest BCUT2D eigenvalue weighted by molar-refractivity contribution is -0.187. The zero-order valence-electron chi connectivity index (χ0n) is 8.15. The lowest BCUT2D eigenvalue weighted by atomic mass is 10.1. The van der Waals surface area contributed by atoms with Crippen LogP contribution in [0.4, 0.5) is 0 Å². The fraction of sp³-hybridized carbons (Fsp3) is 0.750. The third-order valence-electron chi connectivity index (χ3n) is 1.46. The molecule has 0 saturated carbocycles. The molecule has 0 rings (SSSR count). The first-order valence-corrected chi connectivity index (χ1v) is 4.20. The van der Waals surface area contributed by atoms with Gasteiger partial charge in [-0.25, -0.2) is 9.59 Å². The highest BCUT2D eigenvalue weighted by Gasteiger charge is 2.46. The number of aliphatic hydroxyl groups excluding tert-OH is 1. The molecule has 0 aliphatic heterocycles. The van der Waals surface area contributed by atoms with Crippen molar-refractivity contribution < 1.29 is 29.3 Å². The van der Waals surface area contributed by atoms with Gasteiger partial charge in [-0.3, -0.25) is 0 Å². The molecule has 0 heterocycles. The van der Waals surface area contributed by atoms with Crippen LogP contribution in [-0.2, 0) is 19.1 Å². The Morgan fingerprint density at radius 3 is 1.71 bits per heavy atom. The monoisotopic (exact) mass is 206 g/mol. The summed E-state index contributed by atoms with van der Waals surface area (Å²) < 4.78 is 8.83. The van der Waals surface area contributed by atoms with Crippen LogP contribution in [0.3, 0.4) is 0 Å². The number of carbonyl (C=O) groups excluding carboxylic acids is 2.